The van der Waals surface area contributed by atoms with E-state index in [4.69, 9.17) is 10.7 Å². The second kappa shape index (κ2) is 11.7. The van der Waals surface area contributed by atoms with Gasteiger partial charge in [0.2, 0.25) is 0 Å². The molecule has 4 heterocycles. The van der Waals surface area contributed by atoms with Gasteiger partial charge in [0, 0.05) is 5.92 Å². The van der Waals surface area contributed by atoms with Crippen molar-refractivity contribution in [1.82, 2.24) is 24.8 Å². The largest absolute Gasteiger partial charge is 0.397 e. The average molecular weight is 553 g/mol. The first-order valence-electron chi connectivity index (χ1n) is 14.6. The van der Waals surface area contributed by atoms with Crippen LogP contribution in [0.3, 0.4) is 0 Å². The molecule has 8 nitrogen and oxygen atoms in total. The van der Waals surface area contributed by atoms with E-state index in [9.17, 15) is 8.78 Å². The molecule has 0 spiro atoms. The molecule has 10 heteroatoms. The zero-order valence-electron chi connectivity index (χ0n) is 23.8. The summed E-state index contributed by atoms with van der Waals surface area (Å²) in [6, 6.07) is 1.79. The van der Waals surface area contributed by atoms with Gasteiger partial charge in [-0.2, -0.15) is 5.10 Å². The Morgan fingerprint density at radius 1 is 1.25 bits per heavy atom. The Hall–Kier alpha value is -3.30. The van der Waals surface area contributed by atoms with E-state index in [-0.39, 0.29) is 19.1 Å². The third-order valence-electron chi connectivity index (χ3n) is 7.98. The first-order valence-corrected chi connectivity index (χ1v) is 14.6. The summed E-state index contributed by atoms with van der Waals surface area (Å²) in [7, 11) is 0. The van der Waals surface area contributed by atoms with E-state index in [0.717, 1.165) is 53.5 Å². The van der Waals surface area contributed by atoms with Gasteiger partial charge in [0.15, 0.2) is 5.65 Å². The van der Waals surface area contributed by atoms with Crippen molar-refractivity contribution in [2.24, 2.45) is 33.5 Å². The van der Waals surface area contributed by atoms with Crippen LogP contribution in [0, 0.1) is 17.8 Å². The molecule has 2 aliphatic heterocycles. The van der Waals surface area contributed by atoms with Crippen molar-refractivity contribution >= 4 is 17.1 Å². The molecule has 40 heavy (non-hydrogen) atoms. The quantitative estimate of drug-likeness (QED) is 0.418. The van der Waals surface area contributed by atoms with E-state index < -0.39 is 5.92 Å². The minimum Gasteiger partial charge on any atom is -0.397 e. The van der Waals surface area contributed by atoms with Crippen LogP contribution in [0.1, 0.15) is 76.1 Å². The lowest BCUT2D eigenvalue weighted by Crippen LogP contribution is -2.52. The topological polar surface area (TPSA) is 96.2 Å². The zero-order valence-corrected chi connectivity index (χ0v) is 23.8. The van der Waals surface area contributed by atoms with Gasteiger partial charge in [0.1, 0.15) is 12.4 Å². The van der Waals surface area contributed by atoms with Gasteiger partial charge < -0.3 is 16.0 Å². The van der Waals surface area contributed by atoms with Crippen molar-refractivity contribution in [3.63, 3.8) is 0 Å². The second-order valence-electron chi connectivity index (χ2n) is 11.9. The smallest absolute Gasteiger partial charge is 0.282 e. The molecule has 2 aromatic heterocycles. The van der Waals surface area contributed by atoms with Crippen molar-refractivity contribution in [2.45, 2.75) is 77.2 Å². The minimum atomic E-state index is -2.77. The molecule has 4 aliphatic rings. The number of aliphatic imine (C=N–C) groups is 2. The van der Waals surface area contributed by atoms with Crippen LogP contribution in [0.5, 0.6) is 0 Å². The molecule has 2 aromatic rings. The Bertz CT molecular complexity index is 1300. The number of alkyl halides is 2. The van der Waals surface area contributed by atoms with Crippen molar-refractivity contribution in [3.05, 3.63) is 54.4 Å². The highest BCUT2D eigenvalue weighted by molar-refractivity contribution is 6.49. The molecule has 0 aromatic carbocycles. The summed E-state index contributed by atoms with van der Waals surface area (Å²) in [5.74, 6) is -0.0672. The van der Waals surface area contributed by atoms with Crippen LogP contribution < -0.4 is 11.1 Å². The lowest BCUT2D eigenvalue weighted by atomic mass is 9.99. The number of fused-ring (bicyclic) bond motifs is 1. The van der Waals surface area contributed by atoms with Crippen LogP contribution in [-0.4, -0.2) is 56.6 Å². The molecule has 0 amide bonds. The highest BCUT2D eigenvalue weighted by Gasteiger charge is 2.39. The first-order chi connectivity index (χ1) is 19.1. The van der Waals surface area contributed by atoms with Crippen LogP contribution in [0.2, 0.25) is 0 Å². The van der Waals surface area contributed by atoms with E-state index in [1.807, 2.05) is 12.3 Å². The van der Waals surface area contributed by atoms with Crippen molar-refractivity contribution in [2.75, 3.05) is 19.8 Å². The number of aromatic nitrogens is 3. The predicted molar refractivity (Wildman–Crippen MR) is 155 cm³/mol. The summed E-state index contributed by atoms with van der Waals surface area (Å²) >= 11 is 0. The normalized spacial score (nSPS) is 21.7. The molecule has 0 bridgehead atoms. The fourth-order valence-electron chi connectivity index (χ4n) is 5.68. The van der Waals surface area contributed by atoms with Gasteiger partial charge >= 0.3 is 0 Å². The average Bonchev–Trinajstić information content (AvgIpc) is 3.83. The molecule has 216 valence electrons. The lowest BCUT2D eigenvalue weighted by Gasteiger charge is -2.41. The molecule has 2 saturated carbocycles. The third-order valence-corrected chi connectivity index (χ3v) is 7.98. The summed E-state index contributed by atoms with van der Waals surface area (Å²) in [5, 5.41) is 7.29. The maximum Gasteiger partial charge on any atom is 0.282 e. The maximum absolute atomic E-state index is 14.0. The number of rotatable bonds is 10. The fraction of sp³-hybridized carbons (Fsp3) is 0.600. The second-order valence-corrected chi connectivity index (χ2v) is 11.9. The van der Waals surface area contributed by atoms with Crippen molar-refractivity contribution in [3.8, 4) is 0 Å². The molecule has 2 aliphatic carbocycles. The minimum absolute atomic E-state index is 0.197. The summed E-state index contributed by atoms with van der Waals surface area (Å²) in [6.45, 7) is 11.8. The van der Waals surface area contributed by atoms with Gasteiger partial charge in [0.25, 0.3) is 5.92 Å². The van der Waals surface area contributed by atoms with Gasteiger partial charge in [-0.3, -0.25) is 9.98 Å². The zero-order chi connectivity index (χ0) is 28.4. The van der Waals surface area contributed by atoms with E-state index in [0.29, 0.717) is 30.0 Å². The highest BCUT2D eigenvalue weighted by Crippen LogP contribution is 2.36. The predicted octanol–water partition coefficient (Wildman–Crippen LogP) is 5.28. The Balaban J connectivity index is 0.000000244. The third kappa shape index (κ3) is 6.88. The number of halogens is 2. The molecule has 0 radical (unpaired) electrons. The van der Waals surface area contributed by atoms with Gasteiger partial charge in [-0.05, 0) is 55.6 Å². The van der Waals surface area contributed by atoms with Gasteiger partial charge in [-0.25, -0.2) is 18.3 Å². The van der Waals surface area contributed by atoms with Crippen LogP contribution in [0.4, 0.5) is 8.78 Å². The van der Waals surface area contributed by atoms with E-state index in [1.165, 1.54) is 32.1 Å². The molecule has 1 saturated heterocycles. The molecule has 3 N–H and O–H groups in total. The number of hydrogen-bond acceptors (Lipinski definition) is 7. The number of imidazole rings is 1. The SMILES string of the molecule is C=C(N)C1=NCN=C1C1CC1.C=C1NCC(F)(F)CN1[C@H](CCC)c1cnn2cc(C[C@@H](C)CC3CC3)nc2c1. The summed E-state index contributed by atoms with van der Waals surface area (Å²) < 4.78 is 29.9. The maximum atomic E-state index is 14.0. The van der Waals surface area contributed by atoms with Crippen molar-refractivity contribution < 1.29 is 8.78 Å². The van der Waals surface area contributed by atoms with Gasteiger partial charge in [0.05, 0.1) is 54.4 Å². The summed E-state index contributed by atoms with van der Waals surface area (Å²) in [6.07, 6.45) is 12.8. The number of allylic oxidation sites excluding steroid dienone is 1. The Morgan fingerprint density at radius 2 is 2.02 bits per heavy atom. The molecule has 3 fully saturated rings. The van der Waals surface area contributed by atoms with Gasteiger partial charge in [-0.15, -0.1) is 0 Å². The molecule has 2 atom stereocenters. The Morgan fingerprint density at radius 3 is 2.70 bits per heavy atom. The number of nitrogens with one attached hydrogen (secondary N) is 1. The van der Waals surface area contributed by atoms with Crippen LogP contribution in [-0.2, 0) is 6.42 Å². The van der Waals surface area contributed by atoms with E-state index >= 15 is 0 Å². The molecular weight excluding hydrogens is 510 g/mol. The fourth-order valence-corrected chi connectivity index (χ4v) is 5.68. The molecule has 6 rings (SSSR count). The molecule has 0 unspecified atom stereocenters. The standard InChI is InChI=1S/C22H31F2N5.C8H11N3/c1-4-5-20(28-14-22(23,24)13-25-16(28)3)18-10-21-27-19(12-29(21)26-11-18)9-15(2)8-17-6-7-17;1-5(9)7-8(6-2-3-6)11-4-10-7/h10-12,15,17,20,25H,3-9,13-14H2,1-2H3;6H,1-4,9H2/t15-,20+;/m0./s1. The summed E-state index contributed by atoms with van der Waals surface area (Å²) in [4.78, 5) is 14.9. The first kappa shape index (κ1) is 28.2. The van der Waals surface area contributed by atoms with Crippen LogP contribution in [0.25, 0.3) is 5.65 Å². The number of hydrogen-bond donors (Lipinski definition) is 2. The van der Waals surface area contributed by atoms with E-state index in [2.05, 4.69) is 47.4 Å². The molecular formula is C30H42F2N8. The van der Waals surface area contributed by atoms with Crippen LogP contribution >= 0.6 is 0 Å². The van der Waals surface area contributed by atoms with E-state index in [1.54, 1.807) is 15.6 Å². The number of nitrogens with zero attached hydrogens (tertiary/aromatic N) is 6. The Labute approximate surface area is 235 Å². The lowest BCUT2D eigenvalue weighted by molar-refractivity contribution is -0.0537. The Kier molecular flexibility index (Phi) is 8.24. The highest BCUT2D eigenvalue weighted by atomic mass is 19.3. The monoisotopic (exact) mass is 552 g/mol. The summed E-state index contributed by atoms with van der Waals surface area (Å²) in [5.41, 5.74) is 10.8. The van der Waals surface area contributed by atoms with Gasteiger partial charge in [-0.1, -0.05) is 46.3 Å². The van der Waals surface area contributed by atoms with Crippen LogP contribution in [0.15, 0.2) is 53.1 Å². The number of nitrogens with two attached hydrogens (primary N) is 1. The van der Waals surface area contributed by atoms with Crippen molar-refractivity contribution in [1.29, 1.82) is 0 Å².